The van der Waals surface area contributed by atoms with Gasteiger partial charge in [-0.05, 0) is 42.8 Å². The number of rotatable bonds is 6. The molecule has 2 saturated heterocycles. The van der Waals surface area contributed by atoms with E-state index in [9.17, 15) is 8.42 Å². The number of hydrogen-bond donors (Lipinski definition) is 0. The van der Waals surface area contributed by atoms with Gasteiger partial charge in [-0.2, -0.15) is 0 Å². The molecular weight excluding hydrogens is 411 g/mol. The molecule has 2 aliphatic heterocycles. The summed E-state index contributed by atoms with van der Waals surface area (Å²) in [5.74, 6) is 0. The molecule has 8 heteroatoms. The monoisotopic (exact) mass is 440 g/mol. The SMILES string of the molecule is [B]c1cc(N2CCOCC2)cc(S(=O)(=O)c2ccc(N3CCOC(CCC)C3)cc2)c1. The number of sulfone groups is 1. The van der Waals surface area contributed by atoms with Crippen LogP contribution in [0.3, 0.4) is 0 Å². The Labute approximate surface area is 186 Å². The van der Waals surface area contributed by atoms with E-state index in [1.807, 2.05) is 18.2 Å². The summed E-state index contributed by atoms with van der Waals surface area (Å²) in [5, 5.41) is 0. The maximum atomic E-state index is 13.3. The third-order valence-corrected chi connectivity index (χ3v) is 7.61. The van der Waals surface area contributed by atoms with Crippen molar-refractivity contribution in [1.29, 1.82) is 0 Å². The Morgan fingerprint density at radius 2 is 1.65 bits per heavy atom. The number of hydrogen-bond acceptors (Lipinski definition) is 6. The van der Waals surface area contributed by atoms with E-state index in [-0.39, 0.29) is 15.9 Å². The molecule has 1 atom stereocenters. The van der Waals surface area contributed by atoms with Gasteiger partial charge in [0.15, 0.2) is 0 Å². The van der Waals surface area contributed by atoms with Crippen LogP contribution in [0.1, 0.15) is 19.8 Å². The van der Waals surface area contributed by atoms with Crippen LogP contribution >= 0.6 is 0 Å². The van der Waals surface area contributed by atoms with E-state index in [0.717, 1.165) is 50.4 Å². The van der Waals surface area contributed by atoms with E-state index >= 15 is 0 Å². The van der Waals surface area contributed by atoms with Crippen LogP contribution in [-0.4, -0.2) is 68.4 Å². The molecule has 164 valence electrons. The van der Waals surface area contributed by atoms with Crippen LogP contribution < -0.4 is 15.3 Å². The predicted octanol–water partition coefficient (Wildman–Crippen LogP) is 2.16. The van der Waals surface area contributed by atoms with Gasteiger partial charge < -0.3 is 19.3 Å². The zero-order chi connectivity index (χ0) is 21.8. The fraction of sp³-hybridized carbons (Fsp3) is 0.478. The lowest BCUT2D eigenvalue weighted by atomic mass is 9.95. The topological polar surface area (TPSA) is 59.1 Å². The van der Waals surface area contributed by atoms with Crippen LogP contribution in [0.15, 0.2) is 52.3 Å². The smallest absolute Gasteiger partial charge is 0.206 e. The highest BCUT2D eigenvalue weighted by atomic mass is 32.2. The Balaban J connectivity index is 1.55. The number of benzene rings is 2. The molecule has 0 amide bonds. The quantitative estimate of drug-likeness (QED) is 0.642. The largest absolute Gasteiger partial charge is 0.378 e. The average Bonchev–Trinajstić information content (AvgIpc) is 2.80. The van der Waals surface area contributed by atoms with Crippen molar-refractivity contribution in [2.24, 2.45) is 0 Å². The third kappa shape index (κ3) is 5.08. The molecule has 2 aromatic rings. The lowest BCUT2D eigenvalue weighted by Crippen LogP contribution is -2.42. The highest BCUT2D eigenvalue weighted by molar-refractivity contribution is 7.91. The second-order valence-electron chi connectivity index (χ2n) is 8.08. The van der Waals surface area contributed by atoms with E-state index in [1.165, 1.54) is 6.07 Å². The van der Waals surface area contributed by atoms with Crippen molar-refractivity contribution in [1.82, 2.24) is 0 Å². The van der Waals surface area contributed by atoms with Gasteiger partial charge in [-0.3, -0.25) is 0 Å². The normalized spacial score (nSPS) is 20.1. The van der Waals surface area contributed by atoms with Gasteiger partial charge in [0.05, 0.1) is 35.7 Å². The number of ether oxygens (including phenoxy) is 2. The van der Waals surface area contributed by atoms with E-state index in [2.05, 4.69) is 16.7 Å². The first-order chi connectivity index (χ1) is 15.0. The minimum absolute atomic E-state index is 0.219. The highest BCUT2D eigenvalue weighted by Crippen LogP contribution is 2.27. The fourth-order valence-corrected chi connectivity index (χ4v) is 5.52. The Kier molecular flexibility index (Phi) is 6.89. The Morgan fingerprint density at radius 3 is 2.35 bits per heavy atom. The summed E-state index contributed by atoms with van der Waals surface area (Å²) in [6, 6.07) is 12.2. The molecule has 2 aliphatic rings. The minimum atomic E-state index is -3.67. The van der Waals surface area contributed by atoms with E-state index in [0.29, 0.717) is 25.3 Å². The lowest BCUT2D eigenvalue weighted by Gasteiger charge is -2.34. The van der Waals surface area contributed by atoms with Crippen LogP contribution in [0, 0.1) is 0 Å². The molecule has 0 bridgehead atoms. The van der Waals surface area contributed by atoms with Gasteiger partial charge in [0.25, 0.3) is 0 Å². The Hall–Kier alpha value is -2.03. The van der Waals surface area contributed by atoms with Crippen molar-refractivity contribution in [2.45, 2.75) is 35.7 Å². The molecule has 1 unspecified atom stereocenters. The summed E-state index contributed by atoms with van der Waals surface area (Å²) in [6.45, 7) is 7.17. The second-order valence-corrected chi connectivity index (χ2v) is 10.0. The molecule has 6 nitrogen and oxygen atoms in total. The van der Waals surface area contributed by atoms with Gasteiger partial charge in [0.1, 0.15) is 7.85 Å². The fourth-order valence-electron chi connectivity index (χ4n) is 4.19. The van der Waals surface area contributed by atoms with Crippen molar-refractivity contribution in [3.8, 4) is 0 Å². The van der Waals surface area contributed by atoms with Crippen molar-refractivity contribution < 1.29 is 17.9 Å². The lowest BCUT2D eigenvalue weighted by molar-refractivity contribution is 0.0348. The predicted molar refractivity (Wildman–Crippen MR) is 124 cm³/mol. The van der Waals surface area contributed by atoms with Crippen molar-refractivity contribution in [3.05, 3.63) is 42.5 Å². The first-order valence-electron chi connectivity index (χ1n) is 10.9. The molecule has 0 aromatic heterocycles. The van der Waals surface area contributed by atoms with E-state index in [1.54, 1.807) is 18.2 Å². The van der Waals surface area contributed by atoms with Gasteiger partial charge in [-0.25, -0.2) is 8.42 Å². The second kappa shape index (κ2) is 9.63. The molecule has 0 aliphatic carbocycles. The highest BCUT2D eigenvalue weighted by Gasteiger charge is 2.23. The maximum absolute atomic E-state index is 13.3. The third-order valence-electron chi connectivity index (χ3n) is 5.86. The Morgan fingerprint density at radius 1 is 0.935 bits per heavy atom. The summed E-state index contributed by atoms with van der Waals surface area (Å²) in [4.78, 5) is 4.86. The van der Waals surface area contributed by atoms with E-state index in [4.69, 9.17) is 17.3 Å². The van der Waals surface area contributed by atoms with Crippen LogP contribution in [0.25, 0.3) is 0 Å². The first-order valence-corrected chi connectivity index (χ1v) is 12.4. The standard InChI is InChI=1S/C23H29BN2O4S/c1-2-3-21-17-26(10-13-30-21)19-4-6-22(7-5-19)31(27,28)23-15-18(24)14-20(16-23)25-8-11-29-12-9-25/h4-7,14-16,21H,2-3,8-13,17H2,1H3. The van der Waals surface area contributed by atoms with Crippen LogP contribution in [0.5, 0.6) is 0 Å². The van der Waals surface area contributed by atoms with Gasteiger partial charge in [0, 0.05) is 37.6 Å². The summed E-state index contributed by atoms with van der Waals surface area (Å²) in [7, 11) is 2.39. The minimum Gasteiger partial charge on any atom is -0.378 e. The van der Waals surface area contributed by atoms with Gasteiger partial charge >= 0.3 is 0 Å². The molecule has 31 heavy (non-hydrogen) atoms. The average molecular weight is 440 g/mol. The zero-order valence-corrected chi connectivity index (χ0v) is 18.8. The van der Waals surface area contributed by atoms with Crippen LogP contribution in [-0.2, 0) is 19.3 Å². The van der Waals surface area contributed by atoms with Gasteiger partial charge in [-0.15, -0.1) is 0 Å². The van der Waals surface area contributed by atoms with Crippen LogP contribution in [0.2, 0.25) is 0 Å². The number of nitrogens with zero attached hydrogens (tertiary/aromatic N) is 2. The maximum Gasteiger partial charge on any atom is 0.206 e. The molecule has 0 spiro atoms. The van der Waals surface area contributed by atoms with E-state index < -0.39 is 9.84 Å². The van der Waals surface area contributed by atoms with Crippen molar-refractivity contribution in [2.75, 3.05) is 55.8 Å². The first kappa shape index (κ1) is 22.2. The van der Waals surface area contributed by atoms with Crippen molar-refractivity contribution >= 4 is 34.5 Å². The molecular formula is C23H29BN2O4S. The summed E-state index contributed by atoms with van der Waals surface area (Å²) < 4.78 is 37.8. The Bertz CT molecular complexity index is 989. The molecule has 2 radical (unpaired) electrons. The van der Waals surface area contributed by atoms with Crippen molar-refractivity contribution in [3.63, 3.8) is 0 Å². The molecule has 0 N–H and O–H groups in total. The molecule has 2 fully saturated rings. The van der Waals surface area contributed by atoms with Crippen LogP contribution in [0.4, 0.5) is 11.4 Å². The molecule has 2 heterocycles. The van der Waals surface area contributed by atoms with Gasteiger partial charge in [-0.1, -0.05) is 24.9 Å². The molecule has 4 rings (SSSR count). The number of morpholine rings is 2. The zero-order valence-electron chi connectivity index (χ0n) is 18.0. The summed E-state index contributed by atoms with van der Waals surface area (Å²) >= 11 is 0. The van der Waals surface area contributed by atoms with Gasteiger partial charge in [0.2, 0.25) is 9.84 Å². The molecule has 2 aromatic carbocycles. The summed E-state index contributed by atoms with van der Waals surface area (Å²) in [6.07, 6.45) is 2.35. The number of anilines is 2. The molecule has 0 saturated carbocycles. The summed E-state index contributed by atoms with van der Waals surface area (Å²) in [5.41, 5.74) is 2.27.